The minimum absolute atomic E-state index is 0.180. The van der Waals surface area contributed by atoms with Gasteiger partial charge >= 0.3 is 0 Å². The molecule has 6 heteroatoms. The number of aryl methyl sites for hydroxylation is 1. The van der Waals surface area contributed by atoms with E-state index in [2.05, 4.69) is 10.3 Å². The largest absolute Gasteiger partial charge is 0.497 e. The molecule has 5 nitrogen and oxygen atoms in total. The fraction of sp³-hybridized carbons (Fsp3) is 0.111. The van der Waals surface area contributed by atoms with E-state index in [9.17, 15) is 4.79 Å². The smallest absolute Gasteiger partial charge is 0.278 e. The summed E-state index contributed by atoms with van der Waals surface area (Å²) in [7, 11) is 1.58. The van der Waals surface area contributed by atoms with Crippen molar-refractivity contribution < 1.29 is 13.9 Å². The zero-order valence-electron chi connectivity index (χ0n) is 13.2. The van der Waals surface area contributed by atoms with Crippen molar-refractivity contribution in [1.29, 1.82) is 0 Å². The monoisotopic (exact) mass is 342 g/mol. The Balaban J connectivity index is 1.90. The fourth-order valence-corrected chi connectivity index (χ4v) is 2.56. The predicted octanol–water partition coefficient (Wildman–Crippen LogP) is 4.56. The van der Waals surface area contributed by atoms with Gasteiger partial charge in [0.25, 0.3) is 5.91 Å². The van der Waals surface area contributed by atoms with Crippen LogP contribution in [0, 0.1) is 6.92 Å². The summed E-state index contributed by atoms with van der Waals surface area (Å²) in [4.78, 5) is 16.6. The molecule has 3 aromatic rings. The Morgan fingerprint density at radius 2 is 2.08 bits per heavy atom. The van der Waals surface area contributed by atoms with Gasteiger partial charge in [-0.05, 0) is 36.8 Å². The van der Waals surface area contributed by atoms with Crippen LogP contribution in [0.15, 0.2) is 53.3 Å². The summed E-state index contributed by atoms with van der Waals surface area (Å²) in [6.07, 6.45) is 1.24. The van der Waals surface area contributed by atoms with Gasteiger partial charge in [-0.1, -0.05) is 29.8 Å². The van der Waals surface area contributed by atoms with E-state index < -0.39 is 5.91 Å². The lowest BCUT2D eigenvalue weighted by atomic mass is 10.1. The summed E-state index contributed by atoms with van der Waals surface area (Å²) in [5, 5.41) is 3.22. The highest BCUT2D eigenvalue weighted by Crippen LogP contribution is 2.28. The summed E-state index contributed by atoms with van der Waals surface area (Å²) in [6, 6.07) is 12.6. The van der Waals surface area contributed by atoms with Gasteiger partial charge in [0.2, 0.25) is 0 Å². The third-order valence-electron chi connectivity index (χ3n) is 3.49. The van der Waals surface area contributed by atoms with Gasteiger partial charge in [0, 0.05) is 5.56 Å². The Hall–Kier alpha value is -2.79. The average Bonchev–Trinajstić information content (AvgIpc) is 3.07. The number of amides is 1. The normalized spacial score (nSPS) is 10.5. The molecular formula is C18H15ClN2O3. The molecule has 0 radical (unpaired) electrons. The number of hydrogen-bond donors (Lipinski definition) is 1. The number of carbonyl (C=O) groups is 1. The van der Waals surface area contributed by atoms with Gasteiger partial charge in [-0.25, -0.2) is 4.98 Å². The summed E-state index contributed by atoms with van der Waals surface area (Å²) in [6.45, 7) is 1.93. The number of hydrogen-bond acceptors (Lipinski definition) is 4. The van der Waals surface area contributed by atoms with Gasteiger partial charge in [-0.2, -0.15) is 0 Å². The second-order valence-electron chi connectivity index (χ2n) is 5.20. The number of nitrogens with one attached hydrogen (secondary N) is 1. The molecule has 24 heavy (non-hydrogen) atoms. The van der Waals surface area contributed by atoms with E-state index in [1.54, 1.807) is 25.3 Å². The van der Waals surface area contributed by atoms with Crippen LogP contribution < -0.4 is 10.1 Å². The number of oxazole rings is 1. The van der Waals surface area contributed by atoms with Crippen molar-refractivity contribution in [2.24, 2.45) is 0 Å². The highest BCUT2D eigenvalue weighted by molar-refractivity contribution is 6.34. The highest BCUT2D eigenvalue weighted by Gasteiger charge is 2.19. The number of halogens is 1. The first kappa shape index (κ1) is 16.1. The van der Waals surface area contributed by atoms with E-state index in [1.807, 2.05) is 31.2 Å². The molecule has 0 unspecified atom stereocenters. The van der Waals surface area contributed by atoms with Crippen LogP contribution in [-0.2, 0) is 0 Å². The number of rotatable bonds is 4. The van der Waals surface area contributed by atoms with E-state index in [4.69, 9.17) is 20.8 Å². The molecule has 1 aromatic heterocycles. The van der Waals surface area contributed by atoms with Crippen LogP contribution in [-0.4, -0.2) is 18.0 Å². The number of anilines is 1. The third kappa shape index (κ3) is 3.26. The van der Waals surface area contributed by atoms with Crippen molar-refractivity contribution in [1.82, 2.24) is 4.98 Å². The van der Waals surface area contributed by atoms with E-state index in [-0.39, 0.29) is 5.69 Å². The number of ether oxygens (including phenoxy) is 1. The van der Waals surface area contributed by atoms with Gasteiger partial charge in [0.15, 0.2) is 17.8 Å². The molecule has 1 heterocycles. The number of aromatic nitrogens is 1. The Morgan fingerprint density at radius 3 is 2.83 bits per heavy atom. The van der Waals surface area contributed by atoms with Gasteiger partial charge in [-0.15, -0.1) is 0 Å². The van der Waals surface area contributed by atoms with Gasteiger partial charge in [0.1, 0.15) is 5.75 Å². The predicted molar refractivity (Wildman–Crippen MR) is 92.6 cm³/mol. The highest BCUT2D eigenvalue weighted by atomic mass is 35.5. The van der Waals surface area contributed by atoms with Crippen molar-refractivity contribution in [3.8, 4) is 17.1 Å². The second-order valence-corrected chi connectivity index (χ2v) is 5.61. The maximum absolute atomic E-state index is 12.5. The van der Waals surface area contributed by atoms with Crippen LogP contribution in [0.25, 0.3) is 11.3 Å². The molecule has 1 amide bonds. The van der Waals surface area contributed by atoms with Crippen molar-refractivity contribution in [3.05, 3.63) is 65.1 Å². The standard InChI is InChI=1S/C18H15ClN2O3/c1-11-6-7-15(14(19)8-11)21-18(22)16-17(24-10-20-16)12-4-3-5-13(9-12)23-2/h3-10H,1-2H3,(H,21,22). The fourth-order valence-electron chi connectivity index (χ4n) is 2.28. The molecular weight excluding hydrogens is 328 g/mol. The number of carbonyl (C=O) groups excluding carboxylic acids is 1. The zero-order chi connectivity index (χ0) is 17.1. The van der Waals surface area contributed by atoms with E-state index in [0.717, 1.165) is 5.56 Å². The van der Waals surface area contributed by atoms with Crippen LogP contribution in [0.5, 0.6) is 5.75 Å². The van der Waals surface area contributed by atoms with Crippen LogP contribution in [0.2, 0.25) is 5.02 Å². The summed E-state index contributed by atoms with van der Waals surface area (Å²) < 4.78 is 10.6. The van der Waals surface area contributed by atoms with Crippen molar-refractivity contribution in [3.63, 3.8) is 0 Å². The lowest BCUT2D eigenvalue weighted by Crippen LogP contribution is -2.13. The molecule has 2 aromatic carbocycles. The van der Waals surface area contributed by atoms with Crippen LogP contribution in [0.1, 0.15) is 16.1 Å². The third-order valence-corrected chi connectivity index (χ3v) is 3.80. The first-order chi connectivity index (χ1) is 11.6. The SMILES string of the molecule is COc1cccc(-c2ocnc2C(=O)Nc2ccc(C)cc2Cl)c1. The molecule has 0 saturated heterocycles. The molecule has 0 fully saturated rings. The molecule has 1 N–H and O–H groups in total. The summed E-state index contributed by atoms with van der Waals surface area (Å²) in [5.41, 5.74) is 2.41. The number of methoxy groups -OCH3 is 1. The van der Waals surface area contributed by atoms with Crippen molar-refractivity contribution in [2.45, 2.75) is 6.92 Å². The zero-order valence-corrected chi connectivity index (χ0v) is 13.9. The maximum Gasteiger partial charge on any atom is 0.278 e. The van der Waals surface area contributed by atoms with Gasteiger partial charge < -0.3 is 14.5 Å². The minimum atomic E-state index is -0.396. The van der Waals surface area contributed by atoms with Crippen LogP contribution >= 0.6 is 11.6 Å². The molecule has 0 bridgehead atoms. The molecule has 0 aliphatic heterocycles. The van der Waals surface area contributed by atoms with E-state index >= 15 is 0 Å². The second kappa shape index (κ2) is 6.76. The maximum atomic E-state index is 12.5. The first-order valence-electron chi connectivity index (χ1n) is 7.24. The Labute approximate surface area is 144 Å². The Morgan fingerprint density at radius 1 is 1.25 bits per heavy atom. The molecule has 3 rings (SSSR count). The van der Waals surface area contributed by atoms with E-state index in [1.165, 1.54) is 6.39 Å². The van der Waals surface area contributed by atoms with Crippen molar-refractivity contribution in [2.75, 3.05) is 12.4 Å². The summed E-state index contributed by atoms with van der Waals surface area (Å²) in [5.74, 6) is 0.638. The van der Waals surface area contributed by atoms with Crippen LogP contribution in [0.3, 0.4) is 0 Å². The number of benzene rings is 2. The number of nitrogens with zero attached hydrogens (tertiary/aromatic N) is 1. The molecule has 0 saturated carbocycles. The molecule has 0 atom stereocenters. The topological polar surface area (TPSA) is 64.4 Å². The lowest BCUT2D eigenvalue weighted by molar-refractivity contribution is 0.102. The molecule has 122 valence electrons. The minimum Gasteiger partial charge on any atom is -0.497 e. The van der Waals surface area contributed by atoms with Crippen molar-refractivity contribution >= 4 is 23.2 Å². The quantitative estimate of drug-likeness (QED) is 0.754. The van der Waals surface area contributed by atoms with Gasteiger partial charge in [-0.3, -0.25) is 4.79 Å². The first-order valence-corrected chi connectivity index (χ1v) is 7.61. The Bertz CT molecular complexity index is 889. The molecule has 0 aliphatic rings. The van der Waals surface area contributed by atoms with E-state index in [0.29, 0.717) is 27.8 Å². The van der Waals surface area contributed by atoms with Gasteiger partial charge in [0.05, 0.1) is 17.8 Å². The molecule has 0 spiro atoms. The summed E-state index contributed by atoms with van der Waals surface area (Å²) >= 11 is 6.16. The Kier molecular flexibility index (Phi) is 4.53. The average molecular weight is 343 g/mol. The van der Waals surface area contributed by atoms with Crippen LogP contribution in [0.4, 0.5) is 5.69 Å². The lowest BCUT2D eigenvalue weighted by Gasteiger charge is -2.08. The molecule has 0 aliphatic carbocycles.